The lowest BCUT2D eigenvalue weighted by Gasteiger charge is -2.08. The van der Waals surface area contributed by atoms with E-state index in [9.17, 15) is 4.79 Å². The Kier molecular flexibility index (Phi) is 6.00. The quantitative estimate of drug-likeness (QED) is 0.401. The van der Waals surface area contributed by atoms with E-state index >= 15 is 0 Å². The van der Waals surface area contributed by atoms with Crippen LogP contribution in [0, 0.1) is 13.8 Å². The van der Waals surface area contributed by atoms with Crippen LogP contribution in [0.15, 0.2) is 90.2 Å². The van der Waals surface area contributed by atoms with Gasteiger partial charge in [0, 0.05) is 23.1 Å². The van der Waals surface area contributed by atoms with Crippen LogP contribution >= 0.6 is 11.8 Å². The van der Waals surface area contributed by atoms with Crippen molar-refractivity contribution in [2.45, 2.75) is 19.0 Å². The molecular weight excluding hydrogens is 390 g/mol. The van der Waals surface area contributed by atoms with E-state index in [4.69, 9.17) is 4.98 Å². The van der Waals surface area contributed by atoms with E-state index in [0.29, 0.717) is 0 Å². The van der Waals surface area contributed by atoms with Crippen LogP contribution in [0.5, 0.6) is 0 Å². The Hall–Kier alpha value is -3.31. The highest BCUT2D eigenvalue weighted by atomic mass is 32.2. The fraction of sp³-hybridized carbons (Fsp3) is 0.120. The van der Waals surface area contributed by atoms with E-state index in [-0.39, 0.29) is 11.7 Å². The standard InChI is InChI=1S/C25H23N3OS/c1-18-8-12-20(13-9-18)23-16-28(22-6-4-3-5-7-22)25(27-23)30-17-24(29)26-21-14-10-19(2)11-15-21/h3-16H,17H2,1-2H3,(H,26,29). The molecule has 0 atom stereocenters. The molecule has 0 aliphatic heterocycles. The third kappa shape index (κ3) is 4.81. The van der Waals surface area contributed by atoms with Crippen molar-refractivity contribution in [2.75, 3.05) is 11.1 Å². The average Bonchev–Trinajstić information content (AvgIpc) is 3.19. The molecule has 0 unspecified atom stereocenters. The van der Waals surface area contributed by atoms with Gasteiger partial charge in [0.1, 0.15) is 0 Å². The number of amides is 1. The number of hydrogen-bond donors (Lipinski definition) is 1. The van der Waals surface area contributed by atoms with Crippen LogP contribution in [0.4, 0.5) is 5.69 Å². The molecule has 4 nitrogen and oxygen atoms in total. The highest BCUT2D eigenvalue weighted by molar-refractivity contribution is 7.99. The Bertz CT molecular complexity index is 1130. The smallest absolute Gasteiger partial charge is 0.234 e. The van der Waals surface area contributed by atoms with E-state index in [2.05, 4.69) is 36.5 Å². The Morgan fingerprint density at radius 1 is 0.900 bits per heavy atom. The second kappa shape index (κ2) is 9.01. The van der Waals surface area contributed by atoms with Crippen LogP contribution in [0.2, 0.25) is 0 Å². The van der Waals surface area contributed by atoms with Gasteiger partial charge in [-0.25, -0.2) is 4.98 Å². The first kappa shape index (κ1) is 20.0. The zero-order chi connectivity index (χ0) is 20.9. The molecule has 0 fully saturated rings. The van der Waals surface area contributed by atoms with Gasteiger partial charge in [-0.15, -0.1) is 0 Å². The van der Waals surface area contributed by atoms with Crippen molar-refractivity contribution in [2.24, 2.45) is 0 Å². The number of rotatable bonds is 6. The average molecular weight is 414 g/mol. The molecule has 1 N–H and O–H groups in total. The van der Waals surface area contributed by atoms with E-state index in [1.807, 2.05) is 72.3 Å². The van der Waals surface area contributed by atoms with E-state index in [1.54, 1.807) is 0 Å². The topological polar surface area (TPSA) is 46.9 Å². The summed E-state index contributed by atoms with van der Waals surface area (Å²) in [7, 11) is 0. The third-order valence-electron chi connectivity index (χ3n) is 4.72. The molecule has 0 bridgehead atoms. The zero-order valence-electron chi connectivity index (χ0n) is 17.0. The molecule has 4 aromatic rings. The second-order valence-corrected chi connectivity index (χ2v) is 8.13. The van der Waals surface area contributed by atoms with Crippen LogP contribution < -0.4 is 5.32 Å². The van der Waals surface area contributed by atoms with Crippen molar-refractivity contribution in [3.8, 4) is 16.9 Å². The Labute approximate surface area is 181 Å². The number of benzene rings is 3. The van der Waals surface area contributed by atoms with E-state index < -0.39 is 0 Å². The molecular formula is C25H23N3OS. The van der Waals surface area contributed by atoms with Gasteiger partial charge in [-0.2, -0.15) is 0 Å². The number of aryl methyl sites for hydroxylation is 2. The van der Waals surface area contributed by atoms with Gasteiger partial charge >= 0.3 is 0 Å². The second-order valence-electron chi connectivity index (χ2n) is 7.18. The predicted molar refractivity (Wildman–Crippen MR) is 124 cm³/mol. The van der Waals surface area contributed by atoms with Gasteiger partial charge in [0.2, 0.25) is 5.91 Å². The van der Waals surface area contributed by atoms with Crippen LogP contribution in [-0.4, -0.2) is 21.2 Å². The van der Waals surface area contributed by atoms with Crippen LogP contribution in [0.1, 0.15) is 11.1 Å². The molecule has 1 aromatic heterocycles. The highest BCUT2D eigenvalue weighted by Crippen LogP contribution is 2.27. The largest absolute Gasteiger partial charge is 0.325 e. The number of nitrogens with zero attached hydrogens (tertiary/aromatic N) is 2. The predicted octanol–water partition coefficient (Wildman–Crippen LogP) is 5.89. The van der Waals surface area contributed by atoms with Crippen molar-refractivity contribution >= 4 is 23.4 Å². The molecule has 5 heteroatoms. The molecule has 3 aromatic carbocycles. The Balaban J connectivity index is 1.55. The summed E-state index contributed by atoms with van der Waals surface area (Å²) in [4.78, 5) is 17.3. The zero-order valence-corrected chi connectivity index (χ0v) is 17.8. The third-order valence-corrected chi connectivity index (χ3v) is 5.68. The normalized spacial score (nSPS) is 10.7. The van der Waals surface area contributed by atoms with Crippen LogP contribution in [0.3, 0.4) is 0 Å². The number of anilines is 1. The van der Waals surface area contributed by atoms with Gasteiger partial charge in [-0.3, -0.25) is 9.36 Å². The van der Waals surface area contributed by atoms with Crippen molar-refractivity contribution in [1.82, 2.24) is 9.55 Å². The van der Waals surface area contributed by atoms with Gasteiger partial charge in [0.25, 0.3) is 0 Å². The molecule has 0 radical (unpaired) electrons. The number of hydrogen-bond acceptors (Lipinski definition) is 3. The van der Waals surface area contributed by atoms with Crippen LogP contribution in [-0.2, 0) is 4.79 Å². The molecule has 0 aliphatic rings. The number of carbonyl (C=O) groups is 1. The lowest BCUT2D eigenvalue weighted by atomic mass is 10.1. The van der Waals surface area contributed by atoms with E-state index in [0.717, 1.165) is 33.4 Å². The lowest BCUT2D eigenvalue weighted by Crippen LogP contribution is -2.14. The first-order valence-corrected chi connectivity index (χ1v) is 10.8. The fourth-order valence-electron chi connectivity index (χ4n) is 3.07. The summed E-state index contributed by atoms with van der Waals surface area (Å²) in [5, 5.41) is 3.73. The van der Waals surface area contributed by atoms with Crippen molar-refractivity contribution in [3.05, 3.63) is 96.2 Å². The maximum absolute atomic E-state index is 12.5. The summed E-state index contributed by atoms with van der Waals surface area (Å²) in [6, 6.07) is 26.2. The number of imidazole rings is 1. The highest BCUT2D eigenvalue weighted by Gasteiger charge is 2.14. The fourth-order valence-corrected chi connectivity index (χ4v) is 3.86. The van der Waals surface area contributed by atoms with Gasteiger partial charge in [-0.05, 0) is 38.1 Å². The summed E-state index contributed by atoms with van der Waals surface area (Å²) in [6.07, 6.45) is 2.03. The number of thioether (sulfide) groups is 1. The number of aromatic nitrogens is 2. The maximum Gasteiger partial charge on any atom is 0.234 e. The van der Waals surface area contributed by atoms with Crippen LogP contribution in [0.25, 0.3) is 16.9 Å². The summed E-state index contributed by atoms with van der Waals surface area (Å²) in [5.74, 6) is 0.230. The monoisotopic (exact) mass is 413 g/mol. The van der Waals surface area contributed by atoms with Gasteiger partial charge < -0.3 is 5.32 Å². The number of para-hydroxylation sites is 1. The molecule has 0 saturated heterocycles. The number of nitrogens with one attached hydrogen (secondary N) is 1. The Morgan fingerprint density at radius 3 is 2.20 bits per heavy atom. The molecule has 0 aliphatic carbocycles. The van der Waals surface area contributed by atoms with Gasteiger partial charge in [0.05, 0.1) is 11.4 Å². The summed E-state index contributed by atoms with van der Waals surface area (Å²) in [5.41, 5.74) is 6.14. The molecule has 4 rings (SSSR count). The summed E-state index contributed by atoms with van der Waals surface area (Å²) >= 11 is 1.43. The van der Waals surface area contributed by atoms with E-state index in [1.165, 1.54) is 17.3 Å². The molecule has 0 spiro atoms. The summed E-state index contributed by atoms with van der Waals surface area (Å²) < 4.78 is 2.04. The maximum atomic E-state index is 12.5. The molecule has 1 heterocycles. The van der Waals surface area contributed by atoms with Crippen molar-refractivity contribution < 1.29 is 4.79 Å². The van der Waals surface area contributed by atoms with Crippen molar-refractivity contribution in [1.29, 1.82) is 0 Å². The lowest BCUT2D eigenvalue weighted by molar-refractivity contribution is -0.113. The number of carbonyl (C=O) groups excluding carboxylic acids is 1. The molecule has 150 valence electrons. The minimum atomic E-state index is -0.0525. The Morgan fingerprint density at radius 2 is 1.53 bits per heavy atom. The minimum Gasteiger partial charge on any atom is -0.325 e. The first-order valence-electron chi connectivity index (χ1n) is 9.80. The molecule has 1 amide bonds. The molecule has 30 heavy (non-hydrogen) atoms. The minimum absolute atomic E-state index is 0.0525. The van der Waals surface area contributed by atoms with Crippen molar-refractivity contribution in [3.63, 3.8) is 0 Å². The SMILES string of the molecule is Cc1ccc(NC(=O)CSc2nc(-c3ccc(C)cc3)cn2-c2ccccc2)cc1. The first-order chi connectivity index (χ1) is 14.6. The van der Waals surface area contributed by atoms with Gasteiger partial charge in [-0.1, -0.05) is 77.5 Å². The van der Waals surface area contributed by atoms with Gasteiger partial charge in [0.15, 0.2) is 5.16 Å². The summed E-state index contributed by atoms with van der Waals surface area (Å²) in [6.45, 7) is 4.09. The molecule has 0 saturated carbocycles.